The first kappa shape index (κ1) is 12.9. The molecular weight excluding hydrogens is 162 g/mol. The molecule has 1 unspecified atom stereocenters. The fourth-order valence-electron chi connectivity index (χ4n) is 1.35. The summed E-state index contributed by atoms with van der Waals surface area (Å²) in [5.41, 5.74) is 0. The van der Waals surface area contributed by atoms with Gasteiger partial charge in [-0.05, 0) is 45.2 Å². The number of hydrogen-bond donors (Lipinski definition) is 1. The van der Waals surface area contributed by atoms with E-state index in [1.165, 1.54) is 19.3 Å². The Bertz CT molecular complexity index is 96.1. The lowest BCUT2D eigenvalue weighted by Gasteiger charge is -2.10. The van der Waals surface area contributed by atoms with Crippen LogP contribution in [0.1, 0.15) is 40.0 Å². The van der Waals surface area contributed by atoms with Gasteiger partial charge in [0.15, 0.2) is 0 Å². The van der Waals surface area contributed by atoms with Crippen molar-refractivity contribution in [1.82, 2.24) is 5.32 Å². The molecule has 0 rings (SSSR count). The van der Waals surface area contributed by atoms with E-state index in [0.717, 1.165) is 32.2 Å². The molecule has 0 bridgehead atoms. The first-order chi connectivity index (χ1) is 6.31. The zero-order valence-electron chi connectivity index (χ0n) is 9.44. The summed E-state index contributed by atoms with van der Waals surface area (Å²) in [6.07, 6.45) is 3.80. The lowest BCUT2D eigenvalue weighted by molar-refractivity contribution is 0.139. The molecule has 0 aliphatic rings. The van der Waals surface area contributed by atoms with Crippen molar-refractivity contribution in [2.24, 2.45) is 5.92 Å². The van der Waals surface area contributed by atoms with E-state index < -0.39 is 0 Å². The molecule has 0 spiro atoms. The van der Waals surface area contributed by atoms with Crippen LogP contribution in [0.2, 0.25) is 0 Å². The molecule has 1 atom stereocenters. The van der Waals surface area contributed by atoms with E-state index in [9.17, 15) is 0 Å². The lowest BCUT2D eigenvalue weighted by atomic mass is 10.0. The largest absolute Gasteiger partial charge is 0.382 e. The van der Waals surface area contributed by atoms with Crippen molar-refractivity contribution < 1.29 is 4.74 Å². The molecule has 80 valence electrons. The third-order valence-corrected chi connectivity index (χ3v) is 2.25. The molecule has 13 heavy (non-hydrogen) atoms. The summed E-state index contributed by atoms with van der Waals surface area (Å²) in [7, 11) is 0. The van der Waals surface area contributed by atoms with Crippen LogP contribution in [0.4, 0.5) is 0 Å². The highest BCUT2D eigenvalue weighted by Gasteiger charge is 2.00. The Balaban J connectivity index is 3.05. The van der Waals surface area contributed by atoms with E-state index in [0.29, 0.717) is 0 Å². The quantitative estimate of drug-likeness (QED) is 0.560. The molecule has 0 fully saturated rings. The molecule has 0 aromatic rings. The van der Waals surface area contributed by atoms with Gasteiger partial charge in [0.05, 0.1) is 0 Å². The van der Waals surface area contributed by atoms with Gasteiger partial charge < -0.3 is 10.1 Å². The van der Waals surface area contributed by atoms with Crippen molar-refractivity contribution in [2.45, 2.75) is 40.0 Å². The minimum Gasteiger partial charge on any atom is -0.382 e. The van der Waals surface area contributed by atoms with Crippen molar-refractivity contribution in [3.63, 3.8) is 0 Å². The lowest BCUT2D eigenvalue weighted by Crippen LogP contribution is -2.16. The third-order valence-electron chi connectivity index (χ3n) is 2.25. The minimum atomic E-state index is 0.833. The van der Waals surface area contributed by atoms with Gasteiger partial charge in [-0.15, -0.1) is 0 Å². The first-order valence-corrected chi connectivity index (χ1v) is 5.59. The predicted octanol–water partition coefficient (Wildman–Crippen LogP) is 2.44. The van der Waals surface area contributed by atoms with E-state index in [1.807, 2.05) is 0 Å². The highest BCUT2D eigenvalue weighted by molar-refractivity contribution is 4.55. The highest BCUT2D eigenvalue weighted by Crippen LogP contribution is 2.09. The fourth-order valence-corrected chi connectivity index (χ4v) is 1.35. The molecule has 0 saturated carbocycles. The van der Waals surface area contributed by atoms with Crippen LogP contribution in [-0.4, -0.2) is 26.3 Å². The Morgan fingerprint density at radius 1 is 1.23 bits per heavy atom. The summed E-state index contributed by atoms with van der Waals surface area (Å²) < 4.78 is 5.29. The van der Waals surface area contributed by atoms with Crippen LogP contribution in [-0.2, 0) is 4.74 Å². The summed E-state index contributed by atoms with van der Waals surface area (Å²) in [5, 5.41) is 3.35. The van der Waals surface area contributed by atoms with Crippen LogP contribution < -0.4 is 5.32 Å². The SMILES string of the molecule is CCNCCC(C)CCCOCC. The van der Waals surface area contributed by atoms with E-state index in [1.54, 1.807) is 0 Å². The van der Waals surface area contributed by atoms with Gasteiger partial charge in [-0.25, -0.2) is 0 Å². The highest BCUT2D eigenvalue weighted by atomic mass is 16.5. The van der Waals surface area contributed by atoms with E-state index >= 15 is 0 Å². The molecule has 0 aromatic heterocycles. The number of nitrogens with one attached hydrogen (secondary N) is 1. The van der Waals surface area contributed by atoms with Gasteiger partial charge >= 0.3 is 0 Å². The molecule has 0 aromatic carbocycles. The van der Waals surface area contributed by atoms with Gasteiger partial charge in [-0.1, -0.05) is 13.8 Å². The van der Waals surface area contributed by atoms with Crippen LogP contribution in [0.15, 0.2) is 0 Å². The Morgan fingerprint density at radius 2 is 2.00 bits per heavy atom. The zero-order chi connectivity index (χ0) is 9.94. The van der Waals surface area contributed by atoms with Gasteiger partial charge in [-0.3, -0.25) is 0 Å². The molecule has 0 aliphatic carbocycles. The van der Waals surface area contributed by atoms with Gasteiger partial charge in [0.1, 0.15) is 0 Å². The number of hydrogen-bond acceptors (Lipinski definition) is 2. The minimum absolute atomic E-state index is 0.833. The Kier molecular flexibility index (Phi) is 9.94. The number of rotatable bonds is 9. The van der Waals surface area contributed by atoms with Crippen molar-refractivity contribution in [3.8, 4) is 0 Å². The average Bonchev–Trinajstić information content (AvgIpc) is 2.13. The maximum atomic E-state index is 5.29. The summed E-state index contributed by atoms with van der Waals surface area (Å²) >= 11 is 0. The molecule has 2 heteroatoms. The molecule has 0 aliphatic heterocycles. The van der Waals surface area contributed by atoms with Crippen LogP contribution in [0, 0.1) is 5.92 Å². The smallest absolute Gasteiger partial charge is 0.0465 e. The van der Waals surface area contributed by atoms with Crippen LogP contribution >= 0.6 is 0 Å². The first-order valence-electron chi connectivity index (χ1n) is 5.59. The molecule has 0 heterocycles. The average molecular weight is 187 g/mol. The molecule has 0 saturated heterocycles. The Labute approximate surface area is 83.1 Å². The fraction of sp³-hybridized carbons (Fsp3) is 1.00. The normalized spacial score (nSPS) is 13.2. The summed E-state index contributed by atoms with van der Waals surface area (Å²) in [6.45, 7) is 10.6. The van der Waals surface area contributed by atoms with Crippen LogP contribution in [0.5, 0.6) is 0 Å². The zero-order valence-corrected chi connectivity index (χ0v) is 9.44. The molecule has 1 N–H and O–H groups in total. The van der Waals surface area contributed by atoms with Crippen molar-refractivity contribution >= 4 is 0 Å². The third kappa shape index (κ3) is 9.84. The molecule has 2 nitrogen and oxygen atoms in total. The van der Waals surface area contributed by atoms with Gasteiger partial charge in [0.25, 0.3) is 0 Å². The van der Waals surface area contributed by atoms with Crippen molar-refractivity contribution in [1.29, 1.82) is 0 Å². The molecule has 0 radical (unpaired) electrons. The predicted molar refractivity (Wildman–Crippen MR) is 58.1 cm³/mol. The van der Waals surface area contributed by atoms with E-state index in [4.69, 9.17) is 4.74 Å². The second-order valence-electron chi connectivity index (χ2n) is 3.59. The summed E-state index contributed by atoms with van der Waals surface area (Å²) in [5.74, 6) is 0.833. The second kappa shape index (κ2) is 10.0. The maximum Gasteiger partial charge on any atom is 0.0465 e. The van der Waals surface area contributed by atoms with Gasteiger partial charge in [0, 0.05) is 13.2 Å². The van der Waals surface area contributed by atoms with Crippen LogP contribution in [0.3, 0.4) is 0 Å². The molecule has 0 amide bonds. The maximum absolute atomic E-state index is 5.29. The Hall–Kier alpha value is -0.0800. The van der Waals surface area contributed by atoms with Crippen molar-refractivity contribution in [2.75, 3.05) is 26.3 Å². The van der Waals surface area contributed by atoms with E-state index in [2.05, 4.69) is 26.1 Å². The van der Waals surface area contributed by atoms with Gasteiger partial charge in [-0.2, -0.15) is 0 Å². The second-order valence-corrected chi connectivity index (χ2v) is 3.59. The molecular formula is C11H25NO. The Morgan fingerprint density at radius 3 is 2.62 bits per heavy atom. The standard InChI is InChI=1S/C11H25NO/c1-4-12-9-8-11(3)7-6-10-13-5-2/h11-12H,4-10H2,1-3H3. The monoisotopic (exact) mass is 187 g/mol. The topological polar surface area (TPSA) is 21.3 Å². The van der Waals surface area contributed by atoms with Crippen LogP contribution in [0.25, 0.3) is 0 Å². The van der Waals surface area contributed by atoms with E-state index in [-0.39, 0.29) is 0 Å². The summed E-state index contributed by atoms with van der Waals surface area (Å²) in [4.78, 5) is 0. The van der Waals surface area contributed by atoms with Gasteiger partial charge in [0.2, 0.25) is 0 Å². The number of ether oxygens (including phenoxy) is 1. The summed E-state index contributed by atoms with van der Waals surface area (Å²) in [6, 6.07) is 0. The van der Waals surface area contributed by atoms with Crippen molar-refractivity contribution in [3.05, 3.63) is 0 Å².